The van der Waals surface area contributed by atoms with E-state index in [0.29, 0.717) is 30.1 Å². The van der Waals surface area contributed by atoms with Crippen LogP contribution in [0.2, 0.25) is 0 Å². The minimum Gasteiger partial charge on any atom is -0.322 e. The average Bonchev–Trinajstić information content (AvgIpc) is 3.34. The van der Waals surface area contributed by atoms with Crippen molar-refractivity contribution in [2.75, 3.05) is 17.2 Å². The first kappa shape index (κ1) is 21.7. The molecule has 31 heavy (non-hydrogen) atoms. The van der Waals surface area contributed by atoms with E-state index in [9.17, 15) is 9.59 Å². The molecule has 0 unspecified atom stereocenters. The first-order valence-corrected chi connectivity index (χ1v) is 11.8. The molecule has 6 nitrogen and oxygen atoms in total. The van der Waals surface area contributed by atoms with Gasteiger partial charge < -0.3 is 16.0 Å². The highest BCUT2D eigenvalue weighted by Gasteiger charge is 2.27. The molecule has 0 bridgehead atoms. The second-order valence-electron chi connectivity index (χ2n) is 7.32. The lowest BCUT2D eigenvalue weighted by molar-refractivity contribution is -0.116. The Labute approximate surface area is 193 Å². The Balaban J connectivity index is 1.38. The molecule has 3 aromatic rings. The minimum atomic E-state index is -0.176. The third-order valence-electron chi connectivity index (χ3n) is 5.06. The lowest BCUT2D eigenvalue weighted by Crippen LogP contribution is -2.23. The van der Waals surface area contributed by atoms with E-state index >= 15 is 0 Å². The lowest BCUT2D eigenvalue weighted by atomic mass is 10.1. The van der Waals surface area contributed by atoms with Gasteiger partial charge in [-0.2, -0.15) is 0 Å². The summed E-state index contributed by atoms with van der Waals surface area (Å²) < 4.78 is 0.950. The van der Waals surface area contributed by atoms with Crippen molar-refractivity contribution >= 4 is 49.8 Å². The van der Waals surface area contributed by atoms with Crippen LogP contribution in [0.5, 0.6) is 0 Å². The predicted octanol–water partition coefficient (Wildman–Crippen LogP) is 4.77. The van der Waals surface area contributed by atoms with Crippen molar-refractivity contribution in [3.63, 3.8) is 0 Å². The summed E-state index contributed by atoms with van der Waals surface area (Å²) in [5.74, 6) is -0.281. The summed E-state index contributed by atoms with van der Waals surface area (Å²) in [6.45, 7) is 1.15. The van der Waals surface area contributed by atoms with Crippen LogP contribution in [0.15, 0.2) is 53.1 Å². The quantitative estimate of drug-likeness (QED) is 0.390. The van der Waals surface area contributed by atoms with Crippen molar-refractivity contribution < 1.29 is 9.59 Å². The number of amides is 2. The summed E-state index contributed by atoms with van der Waals surface area (Å²) in [5, 5.41) is 9.81. The predicted molar refractivity (Wildman–Crippen MR) is 128 cm³/mol. The van der Waals surface area contributed by atoms with Gasteiger partial charge in [0, 0.05) is 40.7 Å². The highest BCUT2D eigenvalue weighted by Crippen LogP contribution is 2.39. The zero-order valence-electron chi connectivity index (χ0n) is 16.9. The number of pyridine rings is 1. The molecule has 0 radical (unpaired) electrons. The van der Waals surface area contributed by atoms with Gasteiger partial charge in [0.25, 0.3) is 5.91 Å². The van der Waals surface area contributed by atoms with E-state index in [1.165, 1.54) is 16.2 Å². The van der Waals surface area contributed by atoms with Crippen LogP contribution in [0.3, 0.4) is 0 Å². The molecule has 8 heteroatoms. The summed E-state index contributed by atoms with van der Waals surface area (Å²) >= 11 is 4.93. The zero-order chi connectivity index (χ0) is 21.6. The maximum absolute atomic E-state index is 13.1. The van der Waals surface area contributed by atoms with E-state index in [2.05, 4.69) is 36.9 Å². The van der Waals surface area contributed by atoms with Gasteiger partial charge in [0.15, 0.2) is 0 Å². The highest BCUT2D eigenvalue weighted by atomic mass is 79.9. The number of thiophene rings is 1. The van der Waals surface area contributed by atoms with E-state index in [1.807, 2.05) is 42.5 Å². The molecular weight excluding hydrogens is 476 g/mol. The normalized spacial score (nSPS) is 12.4. The molecule has 3 N–H and O–H groups in total. The summed E-state index contributed by atoms with van der Waals surface area (Å²) in [7, 11) is 0. The number of rotatable bonds is 8. The Morgan fingerprint density at radius 1 is 1.06 bits per heavy atom. The Hall–Kier alpha value is -2.55. The molecule has 0 saturated heterocycles. The summed E-state index contributed by atoms with van der Waals surface area (Å²) in [5.41, 5.74) is 3.34. The average molecular weight is 499 g/mol. The van der Waals surface area contributed by atoms with Crippen molar-refractivity contribution in [1.29, 1.82) is 0 Å². The van der Waals surface area contributed by atoms with E-state index < -0.39 is 0 Å². The second kappa shape index (κ2) is 10.2. The van der Waals surface area contributed by atoms with Gasteiger partial charge in [0.05, 0.1) is 11.3 Å². The van der Waals surface area contributed by atoms with Crippen LogP contribution in [0.1, 0.15) is 39.3 Å². The van der Waals surface area contributed by atoms with Gasteiger partial charge in [0.1, 0.15) is 5.00 Å². The van der Waals surface area contributed by atoms with Gasteiger partial charge >= 0.3 is 0 Å². The summed E-state index contributed by atoms with van der Waals surface area (Å²) in [6, 6.07) is 13.2. The number of anilines is 2. The third-order valence-corrected chi connectivity index (χ3v) is 6.80. The van der Waals surface area contributed by atoms with Crippen molar-refractivity contribution in [3.05, 3.63) is 74.8 Å². The Bertz CT molecular complexity index is 1070. The molecule has 4 rings (SSSR count). The third kappa shape index (κ3) is 5.58. The van der Waals surface area contributed by atoms with Crippen molar-refractivity contribution in [3.8, 4) is 0 Å². The summed E-state index contributed by atoms with van der Waals surface area (Å²) in [6.07, 6.45) is 4.95. The molecule has 2 amide bonds. The number of hydrogen-bond acceptors (Lipinski definition) is 5. The van der Waals surface area contributed by atoms with Gasteiger partial charge in [-0.1, -0.05) is 22.0 Å². The number of benzene rings is 1. The van der Waals surface area contributed by atoms with Crippen LogP contribution in [-0.2, 0) is 24.2 Å². The smallest absolute Gasteiger partial charge is 0.258 e. The molecular formula is C23H23BrN4O2S. The zero-order valence-corrected chi connectivity index (χ0v) is 19.3. The topological polar surface area (TPSA) is 83.1 Å². The van der Waals surface area contributed by atoms with E-state index in [0.717, 1.165) is 40.7 Å². The fraction of sp³-hybridized carbons (Fsp3) is 0.261. The van der Waals surface area contributed by atoms with Crippen LogP contribution in [0, 0.1) is 0 Å². The summed E-state index contributed by atoms with van der Waals surface area (Å²) in [4.78, 5) is 31.0. The Morgan fingerprint density at radius 3 is 2.68 bits per heavy atom. The number of carbonyl (C=O) groups excluding carboxylic acids is 2. The fourth-order valence-electron chi connectivity index (χ4n) is 3.57. The van der Waals surface area contributed by atoms with Crippen LogP contribution in [0.4, 0.5) is 10.7 Å². The van der Waals surface area contributed by atoms with Crippen molar-refractivity contribution in [2.24, 2.45) is 0 Å². The SMILES string of the molecule is O=C(CCNCc1ccccn1)Nc1sc2c(c1C(=O)Nc1ccc(Br)cc1)CCC2. The maximum Gasteiger partial charge on any atom is 0.258 e. The van der Waals surface area contributed by atoms with Crippen LogP contribution < -0.4 is 16.0 Å². The van der Waals surface area contributed by atoms with Crippen LogP contribution >= 0.6 is 27.3 Å². The number of aryl methyl sites for hydroxylation is 1. The monoisotopic (exact) mass is 498 g/mol. The molecule has 1 aromatic carbocycles. The standard InChI is InChI=1S/C23H23BrN4O2S/c24-15-7-9-16(10-8-15)27-22(30)21-18-5-3-6-19(18)31-23(21)28-20(29)11-13-25-14-17-4-1-2-12-26-17/h1-2,4,7-10,12,25H,3,5-6,11,13-14H2,(H,27,30)(H,28,29). The molecule has 0 spiro atoms. The number of aromatic nitrogens is 1. The Morgan fingerprint density at radius 2 is 1.90 bits per heavy atom. The van der Waals surface area contributed by atoms with Gasteiger partial charge in [-0.3, -0.25) is 14.6 Å². The Kier molecular flexibility index (Phi) is 7.11. The lowest BCUT2D eigenvalue weighted by Gasteiger charge is -2.10. The van der Waals surface area contributed by atoms with E-state index in [-0.39, 0.29) is 11.8 Å². The first-order chi connectivity index (χ1) is 15.1. The second-order valence-corrected chi connectivity index (χ2v) is 9.34. The molecule has 2 heterocycles. The van der Waals surface area contributed by atoms with Gasteiger partial charge in [-0.15, -0.1) is 11.3 Å². The largest absolute Gasteiger partial charge is 0.322 e. The van der Waals surface area contributed by atoms with Crippen LogP contribution in [-0.4, -0.2) is 23.3 Å². The van der Waals surface area contributed by atoms with Crippen molar-refractivity contribution in [1.82, 2.24) is 10.3 Å². The molecule has 0 saturated carbocycles. The fourth-order valence-corrected chi connectivity index (χ4v) is 5.14. The van der Waals surface area contributed by atoms with E-state index in [1.54, 1.807) is 6.20 Å². The van der Waals surface area contributed by atoms with Gasteiger partial charge in [-0.05, 0) is 61.2 Å². The molecule has 1 aliphatic rings. The number of fused-ring (bicyclic) bond motifs is 1. The highest BCUT2D eigenvalue weighted by molar-refractivity contribution is 9.10. The first-order valence-electron chi connectivity index (χ1n) is 10.2. The number of hydrogen-bond donors (Lipinski definition) is 3. The maximum atomic E-state index is 13.1. The van der Waals surface area contributed by atoms with Gasteiger partial charge in [-0.25, -0.2) is 0 Å². The molecule has 0 aliphatic heterocycles. The number of nitrogens with one attached hydrogen (secondary N) is 3. The van der Waals surface area contributed by atoms with Crippen molar-refractivity contribution in [2.45, 2.75) is 32.2 Å². The van der Waals surface area contributed by atoms with Gasteiger partial charge in [0.2, 0.25) is 5.91 Å². The minimum absolute atomic E-state index is 0.105. The number of nitrogens with zero attached hydrogens (tertiary/aromatic N) is 1. The number of carbonyl (C=O) groups is 2. The van der Waals surface area contributed by atoms with Crippen LogP contribution in [0.25, 0.3) is 0 Å². The molecule has 1 aliphatic carbocycles. The number of halogens is 1. The molecule has 0 atom stereocenters. The molecule has 0 fully saturated rings. The molecule has 160 valence electrons. The van der Waals surface area contributed by atoms with E-state index in [4.69, 9.17) is 0 Å². The molecule has 2 aromatic heterocycles.